The highest BCUT2D eigenvalue weighted by Gasteiger charge is 2.19. The molecule has 0 unspecified atom stereocenters. The average molecular weight is 260 g/mol. The van der Waals surface area contributed by atoms with E-state index in [0.717, 1.165) is 37.7 Å². The smallest absolute Gasteiger partial charge is 0.236 e. The van der Waals surface area contributed by atoms with E-state index in [0.29, 0.717) is 12.5 Å². The second kappa shape index (κ2) is 6.77. The molecule has 2 aliphatic heterocycles. The number of hydrogen-bond acceptors (Lipinski definition) is 4. The zero-order valence-electron chi connectivity index (χ0n) is 9.69. The van der Waals surface area contributed by atoms with Crippen LogP contribution in [0.5, 0.6) is 0 Å². The normalized spacial score (nSPS) is 24.1. The summed E-state index contributed by atoms with van der Waals surface area (Å²) in [5, 5.41) is 0. The van der Waals surface area contributed by atoms with Gasteiger partial charge in [-0.2, -0.15) is 0 Å². The highest BCUT2D eigenvalue weighted by molar-refractivity contribution is 8.76. The maximum Gasteiger partial charge on any atom is 0.236 e. The van der Waals surface area contributed by atoms with Crippen molar-refractivity contribution in [1.82, 2.24) is 9.80 Å². The number of carbonyl (C=O) groups is 1. The molecule has 2 fully saturated rings. The number of hydrogen-bond donors (Lipinski definition) is 0. The third-order valence-electron chi connectivity index (χ3n) is 3.13. The molecule has 92 valence electrons. The molecule has 1 amide bonds. The van der Waals surface area contributed by atoms with E-state index in [-0.39, 0.29) is 0 Å². The van der Waals surface area contributed by atoms with Crippen LogP contribution in [0.25, 0.3) is 0 Å². The molecule has 5 heteroatoms. The summed E-state index contributed by atoms with van der Waals surface area (Å²) in [4.78, 5) is 16.4. The Bertz CT molecular complexity index is 224. The first-order chi connectivity index (χ1) is 7.86. The van der Waals surface area contributed by atoms with E-state index in [9.17, 15) is 4.79 Å². The Labute approximate surface area is 106 Å². The lowest BCUT2D eigenvalue weighted by molar-refractivity contribution is -0.133. The van der Waals surface area contributed by atoms with E-state index in [1.807, 2.05) is 21.6 Å². The van der Waals surface area contributed by atoms with Gasteiger partial charge in [-0.05, 0) is 19.3 Å². The summed E-state index contributed by atoms with van der Waals surface area (Å²) in [6, 6.07) is 0. The van der Waals surface area contributed by atoms with Gasteiger partial charge >= 0.3 is 0 Å². The Kier molecular flexibility index (Phi) is 5.32. The SMILES string of the molecule is O=C(CN1CCSSCC1)N1CCCCC1. The van der Waals surface area contributed by atoms with Crippen LogP contribution in [0.15, 0.2) is 0 Å². The van der Waals surface area contributed by atoms with Crippen molar-refractivity contribution in [3.05, 3.63) is 0 Å². The fraction of sp³-hybridized carbons (Fsp3) is 0.909. The molecule has 0 atom stereocenters. The van der Waals surface area contributed by atoms with E-state index >= 15 is 0 Å². The maximum atomic E-state index is 12.0. The van der Waals surface area contributed by atoms with Crippen LogP contribution in [-0.2, 0) is 4.79 Å². The molecule has 0 bridgehead atoms. The van der Waals surface area contributed by atoms with E-state index in [4.69, 9.17) is 0 Å². The van der Waals surface area contributed by atoms with Crippen LogP contribution in [0.4, 0.5) is 0 Å². The molecule has 0 spiro atoms. The Morgan fingerprint density at radius 3 is 2.19 bits per heavy atom. The van der Waals surface area contributed by atoms with Gasteiger partial charge in [-0.3, -0.25) is 9.69 Å². The van der Waals surface area contributed by atoms with Gasteiger partial charge in [0.2, 0.25) is 5.91 Å². The number of amides is 1. The minimum Gasteiger partial charge on any atom is -0.342 e. The highest BCUT2D eigenvalue weighted by atomic mass is 33.1. The zero-order valence-corrected chi connectivity index (χ0v) is 11.3. The Balaban J connectivity index is 1.76. The number of carbonyl (C=O) groups excluding carboxylic acids is 1. The van der Waals surface area contributed by atoms with Gasteiger partial charge in [0, 0.05) is 37.7 Å². The Morgan fingerprint density at radius 1 is 0.938 bits per heavy atom. The molecular weight excluding hydrogens is 240 g/mol. The van der Waals surface area contributed by atoms with E-state index < -0.39 is 0 Å². The molecular formula is C11H20N2OS2. The number of piperidine rings is 1. The predicted octanol–water partition coefficient (Wildman–Crippen LogP) is 1.70. The topological polar surface area (TPSA) is 23.6 Å². The van der Waals surface area contributed by atoms with E-state index in [2.05, 4.69) is 9.80 Å². The van der Waals surface area contributed by atoms with E-state index in [1.165, 1.54) is 19.3 Å². The lowest BCUT2D eigenvalue weighted by atomic mass is 10.1. The molecule has 2 rings (SSSR count). The van der Waals surface area contributed by atoms with Gasteiger partial charge in [-0.25, -0.2) is 0 Å². The van der Waals surface area contributed by atoms with Gasteiger partial charge in [0.1, 0.15) is 0 Å². The summed E-state index contributed by atoms with van der Waals surface area (Å²) >= 11 is 0. The second-order valence-electron chi connectivity index (χ2n) is 4.36. The van der Waals surface area contributed by atoms with Crippen molar-refractivity contribution in [2.75, 3.05) is 44.2 Å². The average Bonchev–Trinajstić information content (AvgIpc) is 2.59. The van der Waals surface area contributed by atoms with Crippen LogP contribution < -0.4 is 0 Å². The summed E-state index contributed by atoms with van der Waals surface area (Å²) in [5.41, 5.74) is 0. The Morgan fingerprint density at radius 2 is 1.56 bits per heavy atom. The fourth-order valence-electron chi connectivity index (χ4n) is 2.16. The van der Waals surface area contributed by atoms with Crippen molar-refractivity contribution in [2.45, 2.75) is 19.3 Å². The first kappa shape index (κ1) is 12.6. The van der Waals surface area contributed by atoms with Crippen LogP contribution in [0.1, 0.15) is 19.3 Å². The molecule has 0 aromatic heterocycles. The van der Waals surface area contributed by atoms with Crippen LogP contribution in [0, 0.1) is 0 Å². The zero-order chi connectivity index (χ0) is 11.2. The standard InChI is InChI=1S/C11H20N2OS2/c14-11(13-4-2-1-3-5-13)10-12-6-8-15-16-9-7-12/h1-10H2. The fourth-order valence-corrected chi connectivity index (χ4v) is 4.21. The molecule has 3 nitrogen and oxygen atoms in total. The van der Waals surface area contributed by atoms with Crippen molar-refractivity contribution in [3.8, 4) is 0 Å². The lowest BCUT2D eigenvalue weighted by Gasteiger charge is -2.29. The first-order valence-electron chi connectivity index (χ1n) is 6.11. The highest BCUT2D eigenvalue weighted by Crippen LogP contribution is 2.23. The maximum absolute atomic E-state index is 12.0. The van der Waals surface area contributed by atoms with Gasteiger partial charge in [-0.15, -0.1) is 0 Å². The molecule has 0 aliphatic carbocycles. The number of nitrogens with zero attached hydrogens (tertiary/aromatic N) is 2. The molecule has 0 saturated carbocycles. The predicted molar refractivity (Wildman–Crippen MR) is 71.8 cm³/mol. The summed E-state index contributed by atoms with van der Waals surface area (Å²) < 4.78 is 0. The summed E-state index contributed by atoms with van der Waals surface area (Å²) in [7, 11) is 3.86. The van der Waals surface area contributed by atoms with Crippen molar-refractivity contribution >= 4 is 27.5 Å². The van der Waals surface area contributed by atoms with Crippen molar-refractivity contribution in [3.63, 3.8) is 0 Å². The van der Waals surface area contributed by atoms with Crippen LogP contribution in [0.3, 0.4) is 0 Å². The minimum atomic E-state index is 0.344. The van der Waals surface area contributed by atoms with E-state index in [1.54, 1.807) is 0 Å². The quantitative estimate of drug-likeness (QED) is 0.705. The molecule has 0 aromatic carbocycles. The summed E-state index contributed by atoms with van der Waals surface area (Å²) in [5.74, 6) is 2.65. The van der Waals surface area contributed by atoms with Gasteiger partial charge in [-0.1, -0.05) is 21.6 Å². The van der Waals surface area contributed by atoms with Crippen LogP contribution >= 0.6 is 21.6 Å². The van der Waals surface area contributed by atoms with Crippen molar-refractivity contribution < 1.29 is 4.79 Å². The molecule has 16 heavy (non-hydrogen) atoms. The number of likely N-dealkylation sites (tertiary alicyclic amines) is 1. The van der Waals surface area contributed by atoms with Gasteiger partial charge < -0.3 is 4.90 Å². The minimum absolute atomic E-state index is 0.344. The third kappa shape index (κ3) is 3.86. The molecule has 2 saturated heterocycles. The van der Waals surface area contributed by atoms with Gasteiger partial charge in [0.25, 0.3) is 0 Å². The van der Waals surface area contributed by atoms with Gasteiger partial charge in [0.05, 0.1) is 6.54 Å². The molecule has 0 N–H and O–H groups in total. The van der Waals surface area contributed by atoms with Crippen LogP contribution in [-0.4, -0.2) is 59.9 Å². The molecule has 2 aliphatic rings. The number of rotatable bonds is 2. The first-order valence-corrected chi connectivity index (χ1v) is 8.59. The largest absolute Gasteiger partial charge is 0.342 e. The molecule has 2 heterocycles. The monoisotopic (exact) mass is 260 g/mol. The third-order valence-corrected chi connectivity index (χ3v) is 5.50. The molecule has 0 aromatic rings. The van der Waals surface area contributed by atoms with Gasteiger partial charge in [0.15, 0.2) is 0 Å². The second-order valence-corrected chi connectivity index (χ2v) is 7.06. The van der Waals surface area contributed by atoms with Crippen molar-refractivity contribution in [2.24, 2.45) is 0 Å². The van der Waals surface area contributed by atoms with Crippen LogP contribution in [0.2, 0.25) is 0 Å². The summed E-state index contributed by atoms with van der Waals surface area (Å²) in [6.45, 7) is 4.74. The van der Waals surface area contributed by atoms with Crippen molar-refractivity contribution in [1.29, 1.82) is 0 Å². The Hall–Kier alpha value is 0.130. The lowest BCUT2D eigenvalue weighted by Crippen LogP contribution is -2.43. The molecule has 0 radical (unpaired) electrons. The summed E-state index contributed by atoms with van der Waals surface area (Å²) in [6.07, 6.45) is 3.68.